The van der Waals surface area contributed by atoms with Crippen LogP contribution >= 0.6 is 0 Å². The van der Waals surface area contributed by atoms with E-state index in [0.717, 1.165) is 5.76 Å². The summed E-state index contributed by atoms with van der Waals surface area (Å²) in [5, 5.41) is 8.89. The fraction of sp³-hybridized carbons (Fsp3) is 0.545. The second-order valence-electron chi connectivity index (χ2n) is 3.71. The zero-order valence-corrected chi connectivity index (χ0v) is 9.14. The molecule has 0 aliphatic rings. The van der Waals surface area contributed by atoms with E-state index in [0.29, 0.717) is 31.2 Å². The zero-order valence-electron chi connectivity index (χ0n) is 9.14. The third-order valence-corrected chi connectivity index (χ3v) is 2.28. The van der Waals surface area contributed by atoms with Gasteiger partial charge in [-0.2, -0.15) is 0 Å². The van der Waals surface area contributed by atoms with Crippen LogP contribution in [0.2, 0.25) is 0 Å². The highest BCUT2D eigenvalue weighted by Crippen LogP contribution is 2.10. The quantitative estimate of drug-likeness (QED) is 0.720. The molecule has 1 N–H and O–H groups in total. The first-order valence-corrected chi connectivity index (χ1v) is 5.06. The summed E-state index contributed by atoms with van der Waals surface area (Å²) in [4.78, 5) is 12.5. The monoisotopic (exact) mass is 211 g/mol. The molecular formula is C11H17NO3. The van der Waals surface area contributed by atoms with Gasteiger partial charge in [0.2, 0.25) is 0 Å². The lowest BCUT2D eigenvalue weighted by Crippen LogP contribution is -2.32. The maximum Gasteiger partial charge on any atom is 0.185 e. The van der Waals surface area contributed by atoms with Crippen LogP contribution in [0.3, 0.4) is 0 Å². The minimum Gasteiger partial charge on any atom is -0.457 e. The SMILES string of the molecule is CC(C)N(CCO)Cc1ccc(C=O)o1. The molecule has 4 heteroatoms. The van der Waals surface area contributed by atoms with Gasteiger partial charge in [0.1, 0.15) is 5.76 Å². The van der Waals surface area contributed by atoms with E-state index in [4.69, 9.17) is 9.52 Å². The van der Waals surface area contributed by atoms with Gasteiger partial charge < -0.3 is 9.52 Å². The fourth-order valence-electron chi connectivity index (χ4n) is 1.39. The first-order chi connectivity index (χ1) is 7.17. The summed E-state index contributed by atoms with van der Waals surface area (Å²) in [5.41, 5.74) is 0. The molecule has 0 bridgehead atoms. The Morgan fingerprint density at radius 2 is 2.27 bits per heavy atom. The van der Waals surface area contributed by atoms with Crippen molar-refractivity contribution in [3.63, 3.8) is 0 Å². The van der Waals surface area contributed by atoms with Crippen LogP contribution in [0.4, 0.5) is 0 Å². The standard InChI is InChI=1S/C11H17NO3/c1-9(2)12(5-6-13)7-10-3-4-11(8-14)15-10/h3-4,8-9,13H,5-7H2,1-2H3. The molecule has 0 fully saturated rings. The molecule has 0 unspecified atom stereocenters. The van der Waals surface area contributed by atoms with Gasteiger partial charge in [-0.1, -0.05) is 0 Å². The molecule has 0 spiro atoms. The van der Waals surface area contributed by atoms with Crippen LogP contribution in [0.5, 0.6) is 0 Å². The van der Waals surface area contributed by atoms with Crippen molar-refractivity contribution in [1.29, 1.82) is 0 Å². The summed E-state index contributed by atoms with van der Waals surface area (Å²) < 4.78 is 5.27. The fourth-order valence-corrected chi connectivity index (χ4v) is 1.39. The van der Waals surface area contributed by atoms with Gasteiger partial charge in [-0.25, -0.2) is 0 Å². The smallest absolute Gasteiger partial charge is 0.185 e. The van der Waals surface area contributed by atoms with Crippen LogP contribution in [0.25, 0.3) is 0 Å². The average molecular weight is 211 g/mol. The first-order valence-electron chi connectivity index (χ1n) is 5.06. The van der Waals surface area contributed by atoms with Crippen molar-refractivity contribution in [2.24, 2.45) is 0 Å². The summed E-state index contributed by atoms with van der Waals surface area (Å²) in [6.07, 6.45) is 0.690. The van der Waals surface area contributed by atoms with E-state index >= 15 is 0 Å². The van der Waals surface area contributed by atoms with E-state index in [9.17, 15) is 4.79 Å². The van der Waals surface area contributed by atoms with Crippen molar-refractivity contribution in [1.82, 2.24) is 4.90 Å². The third kappa shape index (κ3) is 3.49. The van der Waals surface area contributed by atoms with E-state index in [1.165, 1.54) is 0 Å². The Balaban J connectivity index is 2.60. The van der Waals surface area contributed by atoms with Gasteiger partial charge in [0.25, 0.3) is 0 Å². The summed E-state index contributed by atoms with van der Waals surface area (Å²) in [5.74, 6) is 1.09. The van der Waals surface area contributed by atoms with Crippen LogP contribution in [0.15, 0.2) is 16.5 Å². The van der Waals surface area contributed by atoms with E-state index < -0.39 is 0 Å². The van der Waals surface area contributed by atoms with Gasteiger partial charge in [0.15, 0.2) is 12.0 Å². The number of furan rings is 1. The molecular weight excluding hydrogens is 194 g/mol. The van der Waals surface area contributed by atoms with Crippen LogP contribution in [0, 0.1) is 0 Å². The number of aliphatic hydroxyl groups is 1. The Morgan fingerprint density at radius 1 is 1.53 bits per heavy atom. The maximum atomic E-state index is 10.4. The number of rotatable bonds is 6. The largest absolute Gasteiger partial charge is 0.457 e. The topological polar surface area (TPSA) is 53.7 Å². The summed E-state index contributed by atoms with van der Waals surface area (Å²) in [7, 11) is 0. The second kappa shape index (κ2) is 5.68. The molecule has 0 radical (unpaired) electrons. The highest BCUT2D eigenvalue weighted by atomic mass is 16.3. The zero-order chi connectivity index (χ0) is 11.3. The predicted molar refractivity (Wildman–Crippen MR) is 56.7 cm³/mol. The molecule has 84 valence electrons. The molecule has 1 rings (SSSR count). The van der Waals surface area contributed by atoms with Gasteiger partial charge in [-0.3, -0.25) is 9.69 Å². The average Bonchev–Trinajstić information content (AvgIpc) is 2.65. The lowest BCUT2D eigenvalue weighted by Gasteiger charge is -2.24. The Labute approximate surface area is 89.5 Å². The number of hydrogen-bond acceptors (Lipinski definition) is 4. The number of carbonyl (C=O) groups is 1. The Morgan fingerprint density at radius 3 is 2.73 bits per heavy atom. The van der Waals surface area contributed by atoms with Gasteiger partial charge in [0, 0.05) is 12.6 Å². The molecule has 0 atom stereocenters. The van der Waals surface area contributed by atoms with Crippen molar-refractivity contribution in [2.75, 3.05) is 13.2 Å². The molecule has 0 saturated heterocycles. The number of nitrogens with zero attached hydrogens (tertiary/aromatic N) is 1. The molecule has 0 amide bonds. The van der Waals surface area contributed by atoms with Gasteiger partial charge >= 0.3 is 0 Å². The van der Waals surface area contributed by atoms with Crippen LogP contribution < -0.4 is 0 Å². The molecule has 1 aromatic heterocycles. The highest BCUT2D eigenvalue weighted by Gasteiger charge is 2.11. The Hall–Kier alpha value is -1.13. The summed E-state index contributed by atoms with van der Waals surface area (Å²) in [6, 6.07) is 3.78. The molecule has 1 aromatic rings. The minimum absolute atomic E-state index is 0.124. The lowest BCUT2D eigenvalue weighted by atomic mass is 10.3. The Kier molecular flexibility index (Phi) is 4.52. The van der Waals surface area contributed by atoms with Crippen LogP contribution in [-0.4, -0.2) is 35.5 Å². The van der Waals surface area contributed by atoms with Crippen molar-refractivity contribution < 1.29 is 14.3 Å². The van der Waals surface area contributed by atoms with E-state index in [-0.39, 0.29) is 6.61 Å². The third-order valence-electron chi connectivity index (χ3n) is 2.28. The van der Waals surface area contributed by atoms with Crippen molar-refractivity contribution in [2.45, 2.75) is 26.4 Å². The number of aliphatic hydroxyl groups excluding tert-OH is 1. The number of hydrogen-bond donors (Lipinski definition) is 1. The molecule has 0 saturated carbocycles. The van der Waals surface area contributed by atoms with Gasteiger partial charge in [-0.15, -0.1) is 0 Å². The maximum absolute atomic E-state index is 10.4. The molecule has 15 heavy (non-hydrogen) atoms. The normalized spacial score (nSPS) is 11.3. The van der Waals surface area contributed by atoms with Crippen LogP contribution in [0.1, 0.15) is 30.2 Å². The number of carbonyl (C=O) groups excluding carboxylic acids is 1. The van der Waals surface area contributed by atoms with Crippen molar-refractivity contribution in [3.05, 3.63) is 23.7 Å². The molecule has 0 aliphatic heterocycles. The van der Waals surface area contributed by atoms with Crippen molar-refractivity contribution in [3.8, 4) is 0 Å². The second-order valence-corrected chi connectivity index (χ2v) is 3.71. The number of aldehydes is 1. The molecule has 1 heterocycles. The van der Waals surface area contributed by atoms with Gasteiger partial charge in [-0.05, 0) is 26.0 Å². The lowest BCUT2D eigenvalue weighted by molar-refractivity contribution is 0.109. The predicted octanol–water partition coefficient (Wildman–Crippen LogP) is 1.29. The molecule has 4 nitrogen and oxygen atoms in total. The van der Waals surface area contributed by atoms with Gasteiger partial charge in [0.05, 0.1) is 13.2 Å². The van der Waals surface area contributed by atoms with E-state index in [1.54, 1.807) is 12.1 Å². The molecule has 0 aliphatic carbocycles. The highest BCUT2D eigenvalue weighted by molar-refractivity contribution is 5.70. The van der Waals surface area contributed by atoms with Crippen molar-refractivity contribution >= 4 is 6.29 Å². The summed E-state index contributed by atoms with van der Waals surface area (Å²) in [6.45, 7) is 5.46. The molecule has 0 aromatic carbocycles. The first kappa shape index (κ1) is 11.9. The van der Waals surface area contributed by atoms with E-state index in [2.05, 4.69) is 18.7 Å². The minimum atomic E-state index is 0.124. The van der Waals surface area contributed by atoms with Crippen LogP contribution in [-0.2, 0) is 6.54 Å². The summed E-state index contributed by atoms with van der Waals surface area (Å²) >= 11 is 0. The Bertz CT molecular complexity index is 307. The van der Waals surface area contributed by atoms with E-state index in [1.807, 2.05) is 0 Å².